The van der Waals surface area contributed by atoms with Crippen molar-refractivity contribution >= 4 is 33.1 Å². The topological polar surface area (TPSA) is 113 Å². The van der Waals surface area contributed by atoms with Crippen LogP contribution in [0.4, 0.5) is 0 Å². The van der Waals surface area contributed by atoms with Crippen molar-refractivity contribution in [1.29, 1.82) is 0 Å². The molecule has 156 valence electrons. The molecule has 0 fully saturated rings. The highest BCUT2D eigenvalue weighted by atomic mass is 32.1. The predicted octanol–water partition coefficient (Wildman–Crippen LogP) is 1.39. The SMILES string of the molecule is C[C@H](O)CN(C[C@H](C)O)C(=O)c1nc2c3c4c(sc3ncn2n1)COC(C)(C)C4. The molecule has 1 amide bonds. The van der Waals surface area contributed by atoms with Gasteiger partial charge in [-0.2, -0.15) is 0 Å². The summed E-state index contributed by atoms with van der Waals surface area (Å²) >= 11 is 1.58. The van der Waals surface area contributed by atoms with Crippen molar-refractivity contribution in [3.63, 3.8) is 0 Å². The van der Waals surface area contributed by atoms with E-state index in [1.54, 1.807) is 31.5 Å². The van der Waals surface area contributed by atoms with E-state index in [-0.39, 0.29) is 24.5 Å². The average molecular weight is 420 g/mol. The van der Waals surface area contributed by atoms with Crippen LogP contribution in [0.1, 0.15) is 48.8 Å². The van der Waals surface area contributed by atoms with Crippen LogP contribution >= 0.6 is 11.3 Å². The Bertz CT molecular complexity index is 1060. The van der Waals surface area contributed by atoms with Crippen LogP contribution in [0, 0.1) is 0 Å². The van der Waals surface area contributed by atoms with Gasteiger partial charge >= 0.3 is 0 Å². The molecular formula is C19H25N5O4S. The summed E-state index contributed by atoms with van der Waals surface area (Å²) in [5.74, 6) is -0.414. The van der Waals surface area contributed by atoms with E-state index in [0.29, 0.717) is 12.3 Å². The van der Waals surface area contributed by atoms with Gasteiger partial charge in [0.15, 0.2) is 5.65 Å². The highest BCUT2D eigenvalue weighted by Crippen LogP contribution is 2.39. The zero-order valence-corrected chi connectivity index (χ0v) is 17.7. The van der Waals surface area contributed by atoms with Crippen molar-refractivity contribution in [3.8, 4) is 0 Å². The molecule has 0 unspecified atom stereocenters. The molecule has 29 heavy (non-hydrogen) atoms. The monoisotopic (exact) mass is 419 g/mol. The Hall–Kier alpha value is -2.14. The molecule has 0 radical (unpaired) electrons. The van der Waals surface area contributed by atoms with Crippen LogP contribution < -0.4 is 0 Å². The number of nitrogens with zero attached hydrogens (tertiary/aromatic N) is 5. The molecule has 2 N–H and O–H groups in total. The second-order valence-corrected chi connectivity index (χ2v) is 9.35. The number of rotatable bonds is 5. The maximum atomic E-state index is 13.0. The van der Waals surface area contributed by atoms with Crippen molar-refractivity contribution in [1.82, 2.24) is 24.5 Å². The molecule has 1 aliphatic rings. The summed E-state index contributed by atoms with van der Waals surface area (Å²) in [6, 6.07) is 0. The Kier molecular flexibility index (Phi) is 5.06. The van der Waals surface area contributed by atoms with E-state index in [9.17, 15) is 15.0 Å². The van der Waals surface area contributed by atoms with Crippen molar-refractivity contribution in [2.24, 2.45) is 0 Å². The molecule has 0 bridgehead atoms. The summed E-state index contributed by atoms with van der Waals surface area (Å²) in [7, 11) is 0. The van der Waals surface area contributed by atoms with Gasteiger partial charge in [0.05, 0.1) is 29.8 Å². The van der Waals surface area contributed by atoms with Gasteiger partial charge < -0.3 is 19.8 Å². The lowest BCUT2D eigenvalue weighted by molar-refractivity contribution is -0.0379. The van der Waals surface area contributed by atoms with Crippen LogP contribution in [0.15, 0.2) is 6.33 Å². The second-order valence-electron chi connectivity index (χ2n) is 8.27. The summed E-state index contributed by atoms with van der Waals surface area (Å²) in [6.07, 6.45) is 0.836. The number of carbonyl (C=O) groups excluding carboxylic acids is 1. The van der Waals surface area contributed by atoms with E-state index in [4.69, 9.17) is 4.74 Å². The van der Waals surface area contributed by atoms with Gasteiger partial charge in [-0.15, -0.1) is 16.4 Å². The largest absolute Gasteiger partial charge is 0.392 e. The molecule has 4 rings (SSSR count). The van der Waals surface area contributed by atoms with E-state index < -0.39 is 18.1 Å². The molecule has 0 saturated heterocycles. The minimum atomic E-state index is -0.728. The van der Waals surface area contributed by atoms with E-state index in [2.05, 4.69) is 28.9 Å². The number of aromatic nitrogens is 4. The highest BCUT2D eigenvalue weighted by Gasteiger charge is 2.31. The number of aliphatic hydroxyl groups excluding tert-OH is 2. The third-order valence-electron chi connectivity index (χ3n) is 4.86. The second kappa shape index (κ2) is 7.28. The number of aliphatic hydroxyl groups is 2. The molecule has 0 aromatic carbocycles. The number of carbonyl (C=O) groups is 1. The molecule has 0 aliphatic carbocycles. The number of amides is 1. The number of ether oxygens (including phenoxy) is 1. The fraction of sp³-hybridized carbons (Fsp3) is 0.579. The molecule has 10 heteroatoms. The van der Waals surface area contributed by atoms with Gasteiger partial charge in [0.2, 0.25) is 5.82 Å². The Morgan fingerprint density at radius 1 is 1.34 bits per heavy atom. The van der Waals surface area contributed by atoms with Crippen LogP contribution in [0.25, 0.3) is 15.9 Å². The molecule has 2 atom stereocenters. The van der Waals surface area contributed by atoms with Gasteiger partial charge in [0.25, 0.3) is 5.91 Å². The maximum absolute atomic E-state index is 13.0. The lowest BCUT2D eigenvalue weighted by Crippen LogP contribution is -2.41. The zero-order chi connectivity index (χ0) is 20.9. The lowest BCUT2D eigenvalue weighted by Gasteiger charge is -2.30. The average Bonchev–Trinajstić information content (AvgIpc) is 3.19. The third kappa shape index (κ3) is 3.85. The fourth-order valence-corrected chi connectivity index (χ4v) is 4.72. The van der Waals surface area contributed by atoms with Crippen molar-refractivity contribution < 1.29 is 19.7 Å². The first-order valence-electron chi connectivity index (χ1n) is 9.59. The normalized spacial score (nSPS) is 18.0. The Morgan fingerprint density at radius 2 is 2.03 bits per heavy atom. The summed E-state index contributed by atoms with van der Waals surface area (Å²) in [6.45, 7) is 8.00. The maximum Gasteiger partial charge on any atom is 0.293 e. The molecule has 9 nitrogen and oxygen atoms in total. The quantitative estimate of drug-likeness (QED) is 0.642. The first-order chi connectivity index (χ1) is 13.6. The van der Waals surface area contributed by atoms with Crippen molar-refractivity contribution in [2.45, 2.75) is 58.5 Å². The number of hydrogen-bond donors (Lipinski definition) is 2. The minimum absolute atomic E-state index is 0.0202. The van der Waals surface area contributed by atoms with Gasteiger partial charge in [0.1, 0.15) is 11.2 Å². The van der Waals surface area contributed by atoms with Gasteiger partial charge in [-0.05, 0) is 33.3 Å². The summed E-state index contributed by atoms with van der Waals surface area (Å²) in [4.78, 5) is 25.3. The summed E-state index contributed by atoms with van der Waals surface area (Å²) in [5.41, 5.74) is 1.45. The predicted molar refractivity (Wildman–Crippen MR) is 108 cm³/mol. The number of thiophene rings is 1. The van der Waals surface area contributed by atoms with E-state index in [1.165, 1.54) is 9.42 Å². The fourth-order valence-electron chi connectivity index (χ4n) is 3.65. The molecule has 3 aromatic rings. The minimum Gasteiger partial charge on any atom is -0.392 e. The van der Waals surface area contributed by atoms with Crippen LogP contribution in [-0.2, 0) is 17.8 Å². The van der Waals surface area contributed by atoms with Crippen LogP contribution in [0.2, 0.25) is 0 Å². The zero-order valence-electron chi connectivity index (χ0n) is 16.9. The Labute approximate surface area is 171 Å². The molecule has 4 heterocycles. The van der Waals surface area contributed by atoms with Crippen LogP contribution in [0.3, 0.4) is 0 Å². The molecule has 0 spiro atoms. The van der Waals surface area contributed by atoms with E-state index in [0.717, 1.165) is 27.1 Å². The molecule has 1 aliphatic heterocycles. The first-order valence-corrected chi connectivity index (χ1v) is 10.4. The first kappa shape index (κ1) is 20.1. The highest BCUT2D eigenvalue weighted by molar-refractivity contribution is 7.19. The number of fused-ring (bicyclic) bond motifs is 5. The third-order valence-corrected chi connectivity index (χ3v) is 5.97. The molecule has 0 saturated carbocycles. The standard InChI is InChI=1S/C19H25N5O4S/c1-10(25)6-23(7-11(2)26)18(27)15-21-16-14-12-5-19(3,4)28-8-13(12)29-17(14)20-9-24(16)22-15/h9-11,25-26H,5-8H2,1-4H3/t10-,11-/m0/s1. The summed E-state index contributed by atoms with van der Waals surface area (Å²) in [5, 5.41) is 24.7. The summed E-state index contributed by atoms with van der Waals surface area (Å²) < 4.78 is 7.44. The van der Waals surface area contributed by atoms with E-state index >= 15 is 0 Å². The van der Waals surface area contributed by atoms with E-state index in [1.807, 2.05) is 0 Å². The number of hydrogen-bond acceptors (Lipinski definition) is 8. The van der Waals surface area contributed by atoms with Crippen molar-refractivity contribution in [2.75, 3.05) is 13.1 Å². The van der Waals surface area contributed by atoms with Crippen LogP contribution in [0.5, 0.6) is 0 Å². The Balaban J connectivity index is 1.78. The van der Waals surface area contributed by atoms with Gasteiger partial charge in [-0.25, -0.2) is 14.5 Å². The molecule has 3 aromatic heterocycles. The van der Waals surface area contributed by atoms with Gasteiger partial charge in [-0.3, -0.25) is 4.79 Å². The Morgan fingerprint density at radius 3 is 2.69 bits per heavy atom. The smallest absolute Gasteiger partial charge is 0.293 e. The van der Waals surface area contributed by atoms with Gasteiger partial charge in [0, 0.05) is 24.4 Å². The van der Waals surface area contributed by atoms with Crippen LogP contribution in [-0.4, -0.2) is 71.5 Å². The molecular weight excluding hydrogens is 394 g/mol. The lowest BCUT2D eigenvalue weighted by atomic mass is 9.94. The van der Waals surface area contributed by atoms with Gasteiger partial charge in [-0.1, -0.05) is 0 Å². The van der Waals surface area contributed by atoms with Crippen molar-refractivity contribution in [3.05, 3.63) is 22.6 Å².